The maximum Gasteiger partial charge on any atom is 0.434 e. The molecule has 0 radical (unpaired) electrons. The third-order valence-electron chi connectivity index (χ3n) is 2.49. The van der Waals surface area contributed by atoms with Gasteiger partial charge in [0.05, 0.1) is 15.6 Å². The van der Waals surface area contributed by atoms with Crippen LogP contribution in [0.3, 0.4) is 0 Å². The summed E-state index contributed by atoms with van der Waals surface area (Å²) in [4.78, 5) is 6.72. The molecule has 1 aromatic heterocycles. The summed E-state index contributed by atoms with van der Waals surface area (Å²) in [6.45, 7) is 0. The molecule has 0 spiro atoms. The van der Waals surface area contributed by atoms with Crippen LogP contribution in [0, 0.1) is 0 Å². The number of nitrogens with zero attached hydrogens (tertiary/aromatic N) is 2. The summed E-state index contributed by atoms with van der Waals surface area (Å²) >= 11 is 17.5. The van der Waals surface area contributed by atoms with Crippen molar-refractivity contribution in [1.29, 1.82) is 0 Å². The fourth-order valence-corrected chi connectivity index (χ4v) is 2.40. The van der Waals surface area contributed by atoms with Gasteiger partial charge in [0, 0.05) is 10.6 Å². The Morgan fingerprint density at radius 1 is 1.00 bits per heavy atom. The van der Waals surface area contributed by atoms with Crippen molar-refractivity contribution in [3.05, 3.63) is 32.9 Å². The topological polar surface area (TPSA) is 77.8 Å². The molecule has 0 amide bonds. The van der Waals surface area contributed by atoms with Crippen molar-refractivity contribution >= 4 is 46.6 Å². The summed E-state index contributed by atoms with van der Waals surface area (Å²) in [7, 11) is 0. The molecule has 0 aliphatic rings. The SMILES string of the molecule is Nc1nc(N)c(-c2cc(Cl)cc(Cl)c2Cl)c(C(F)(F)F)n1. The first kappa shape index (κ1) is 15.9. The van der Waals surface area contributed by atoms with Gasteiger partial charge < -0.3 is 11.5 Å². The Bertz CT molecular complexity index is 719. The van der Waals surface area contributed by atoms with Crippen molar-refractivity contribution in [3.63, 3.8) is 0 Å². The molecule has 1 aromatic carbocycles. The number of halogens is 6. The van der Waals surface area contributed by atoms with E-state index in [1.165, 1.54) is 12.1 Å². The molecule has 0 unspecified atom stereocenters. The molecule has 2 rings (SSSR count). The molecule has 112 valence electrons. The Hall–Kier alpha value is -1.44. The minimum absolute atomic E-state index is 0.0245. The van der Waals surface area contributed by atoms with Gasteiger partial charge in [-0.3, -0.25) is 0 Å². The molecule has 0 fully saturated rings. The molecule has 10 heteroatoms. The van der Waals surface area contributed by atoms with E-state index >= 15 is 0 Å². The predicted octanol–water partition coefficient (Wildman–Crippen LogP) is 4.29. The van der Waals surface area contributed by atoms with Gasteiger partial charge in [-0.25, -0.2) is 4.98 Å². The van der Waals surface area contributed by atoms with Gasteiger partial charge in [0.1, 0.15) is 5.82 Å². The minimum Gasteiger partial charge on any atom is -0.383 e. The van der Waals surface area contributed by atoms with Crippen molar-refractivity contribution < 1.29 is 13.2 Å². The molecule has 0 saturated heterocycles. The van der Waals surface area contributed by atoms with E-state index in [1.54, 1.807) is 0 Å². The highest BCUT2D eigenvalue weighted by Gasteiger charge is 2.38. The van der Waals surface area contributed by atoms with Crippen molar-refractivity contribution in [3.8, 4) is 11.1 Å². The molecule has 0 saturated carbocycles. The number of hydrogen-bond acceptors (Lipinski definition) is 4. The lowest BCUT2D eigenvalue weighted by Gasteiger charge is -2.16. The summed E-state index contributed by atoms with van der Waals surface area (Å²) in [5.41, 5.74) is 8.80. The maximum atomic E-state index is 13.1. The van der Waals surface area contributed by atoms with Crippen LogP contribution in [0.15, 0.2) is 12.1 Å². The van der Waals surface area contributed by atoms with Crippen LogP contribution in [0.1, 0.15) is 5.69 Å². The highest BCUT2D eigenvalue weighted by Crippen LogP contribution is 2.44. The van der Waals surface area contributed by atoms with Gasteiger partial charge in [-0.05, 0) is 12.1 Å². The largest absolute Gasteiger partial charge is 0.434 e. The second-order valence-electron chi connectivity index (χ2n) is 3.94. The van der Waals surface area contributed by atoms with Crippen molar-refractivity contribution in [1.82, 2.24) is 9.97 Å². The first-order valence-corrected chi connectivity index (χ1v) is 6.39. The van der Waals surface area contributed by atoms with Crippen molar-refractivity contribution in [2.75, 3.05) is 11.5 Å². The first-order valence-electron chi connectivity index (χ1n) is 5.26. The number of anilines is 2. The number of rotatable bonds is 1. The maximum absolute atomic E-state index is 13.1. The first-order chi connectivity index (χ1) is 9.61. The van der Waals surface area contributed by atoms with Crippen LogP contribution in [0.2, 0.25) is 15.1 Å². The van der Waals surface area contributed by atoms with Crippen LogP contribution in [0.5, 0.6) is 0 Å². The van der Waals surface area contributed by atoms with E-state index in [2.05, 4.69) is 9.97 Å². The number of benzene rings is 1. The molecule has 2 aromatic rings. The molecular formula is C11H6Cl3F3N4. The minimum atomic E-state index is -4.81. The predicted molar refractivity (Wildman–Crippen MR) is 76.3 cm³/mol. The molecule has 0 aliphatic heterocycles. The standard InChI is InChI=1S/C11H6Cl3F3N4/c12-3-1-4(7(14)5(13)2-3)6-8(11(15,16)17)20-10(19)21-9(6)18/h1-2H,(H4,18,19,20,21). The lowest BCUT2D eigenvalue weighted by Crippen LogP contribution is -2.15. The van der Waals surface area contributed by atoms with Crippen LogP contribution in [0.25, 0.3) is 11.1 Å². The van der Waals surface area contributed by atoms with Crippen LogP contribution < -0.4 is 11.5 Å². The van der Waals surface area contributed by atoms with Crippen LogP contribution >= 0.6 is 34.8 Å². The summed E-state index contributed by atoms with van der Waals surface area (Å²) in [6, 6.07) is 2.48. The number of alkyl halides is 3. The van der Waals surface area contributed by atoms with E-state index < -0.39 is 29.2 Å². The van der Waals surface area contributed by atoms with Gasteiger partial charge in [-0.2, -0.15) is 18.2 Å². The van der Waals surface area contributed by atoms with Crippen LogP contribution in [-0.4, -0.2) is 9.97 Å². The summed E-state index contributed by atoms with van der Waals surface area (Å²) in [6.07, 6.45) is -4.81. The average Bonchev–Trinajstić information content (AvgIpc) is 2.32. The quantitative estimate of drug-likeness (QED) is 0.746. The second-order valence-corrected chi connectivity index (χ2v) is 5.16. The Morgan fingerprint density at radius 3 is 2.19 bits per heavy atom. The summed E-state index contributed by atoms with van der Waals surface area (Å²) in [5, 5.41) is -0.0843. The average molecular weight is 358 g/mol. The number of nitrogens with two attached hydrogens (primary N) is 2. The molecule has 0 bridgehead atoms. The normalized spacial score (nSPS) is 11.7. The Labute approximate surface area is 131 Å². The molecule has 0 aliphatic carbocycles. The van der Waals surface area contributed by atoms with Crippen molar-refractivity contribution in [2.45, 2.75) is 6.18 Å². The monoisotopic (exact) mass is 356 g/mol. The van der Waals surface area contributed by atoms with E-state index in [-0.39, 0.29) is 20.6 Å². The van der Waals surface area contributed by atoms with Crippen LogP contribution in [0.4, 0.5) is 24.9 Å². The molecule has 21 heavy (non-hydrogen) atoms. The zero-order chi connectivity index (χ0) is 15.9. The van der Waals surface area contributed by atoms with E-state index in [4.69, 9.17) is 46.3 Å². The number of aromatic nitrogens is 2. The smallest absolute Gasteiger partial charge is 0.383 e. The lowest BCUT2D eigenvalue weighted by atomic mass is 10.0. The fourth-order valence-electron chi connectivity index (χ4n) is 1.70. The Balaban J connectivity index is 2.87. The molecule has 1 heterocycles. The Morgan fingerprint density at radius 2 is 1.62 bits per heavy atom. The van der Waals surface area contributed by atoms with E-state index in [0.717, 1.165) is 0 Å². The van der Waals surface area contributed by atoms with Gasteiger partial charge in [-0.15, -0.1) is 0 Å². The van der Waals surface area contributed by atoms with Crippen LogP contribution in [-0.2, 0) is 6.18 Å². The third-order valence-corrected chi connectivity index (χ3v) is 3.51. The van der Waals surface area contributed by atoms with Gasteiger partial charge in [0.15, 0.2) is 5.69 Å². The van der Waals surface area contributed by atoms with E-state index in [9.17, 15) is 13.2 Å². The van der Waals surface area contributed by atoms with E-state index in [1.807, 2.05) is 0 Å². The lowest BCUT2D eigenvalue weighted by molar-refractivity contribution is -0.140. The Kier molecular flexibility index (Phi) is 4.10. The fraction of sp³-hybridized carbons (Fsp3) is 0.0909. The second kappa shape index (κ2) is 5.40. The third kappa shape index (κ3) is 3.09. The zero-order valence-electron chi connectivity index (χ0n) is 9.97. The molecule has 4 N–H and O–H groups in total. The molecule has 0 atom stereocenters. The highest BCUT2D eigenvalue weighted by atomic mass is 35.5. The van der Waals surface area contributed by atoms with E-state index in [0.29, 0.717) is 0 Å². The highest BCUT2D eigenvalue weighted by molar-refractivity contribution is 6.45. The summed E-state index contributed by atoms with van der Waals surface area (Å²) in [5.74, 6) is -1.08. The molecular weight excluding hydrogens is 352 g/mol. The van der Waals surface area contributed by atoms with Gasteiger partial charge in [0.25, 0.3) is 0 Å². The molecule has 4 nitrogen and oxygen atoms in total. The van der Waals surface area contributed by atoms with Gasteiger partial charge in [-0.1, -0.05) is 34.8 Å². The summed E-state index contributed by atoms with van der Waals surface area (Å²) < 4.78 is 39.3. The number of nitrogen functional groups attached to an aromatic ring is 2. The van der Waals surface area contributed by atoms with Gasteiger partial charge in [0.2, 0.25) is 5.95 Å². The van der Waals surface area contributed by atoms with Gasteiger partial charge >= 0.3 is 6.18 Å². The number of hydrogen-bond donors (Lipinski definition) is 2. The zero-order valence-corrected chi connectivity index (χ0v) is 12.2. The van der Waals surface area contributed by atoms with Crippen molar-refractivity contribution in [2.24, 2.45) is 0 Å².